The van der Waals surface area contributed by atoms with Crippen LogP contribution in [0, 0.1) is 13.8 Å². The van der Waals surface area contributed by atoms with E-state index in [0.29, 0.717) is 6.54 Å². The first-order valence-corrected chi connectivity index (χ1v) is 5.93. The lowest BCUT2D eigenvalue weighted by atomic mass is 10.0. The maximum Gasteiger partial charge on any atom is 0.121 e. The van der Waals surface area contributed by atoms with E-state index in [9.17, 15) is 0 Å². The molecule has 1 heterocycles. The molecule has 0 atom stereocenters. The number of aryl methyl sites for hydroxylation is 2. The van der Waals surface area contributed by atoms with Gasteiger partial charge in [0.05, 0.1) is 6.54 Å². The molecule has 84 valence electrons. The summed E-state index contributed by atoms with van der Waals surface area (Å²) in [5.74, 6) is 0.793. The third-order valence-corrected chi connectivity index (χ3v) is 3.11. The molecule has 2 aromatic rings. The topological polar surface area (TPSA) is 54.7 Å². The largest absolute Gasteiger partial charge is 0.335 e. The van der Waals surface area contributed by atoms with Gasteiger partial charge in [0, 0.05) is 5.56 Å². The molecular weight excluding hydrogens is 266 g/mol. The molecule has 0 aliphatic heterocycles. The van der Waals surface area contributed by atoms with Crippen LogP contribution < -0.4 is 5.73 Å². The number of hydrogen-bond donors (Lipinski definition) is 2. The fourth-order valence-corrected chi connectivity index (χ4v) is 2.28. The number of aromatic nitrogens is 2. The van der Waals surface area contributed by atoms with E-state index in [1.807, 2.05) is 0 Å². The van der Waals surface area contributed by atoms with Crippen LogP contribution in [0.5, 0.6) is 0 Å². The van der Waals surface area contributed by atoms with Crippen LogP contribution >= 0.6 is 15.9 Å². The molecule has 1 aromatic carbocycles. The van der Waals surface area contributed by atoms with Gasteiger partial charge in [-0.25, -0.2) is 4.98 Å². The number of hydrogen-bond acceptors (Lipinski definition) is 2. The molecule has 4 heteroatoms. The summed E-state index contributed by atoms with van der Waals surface area (Å²) in [6, 6.07) is 6.33. The molecule has 0 aliphatic carbocycles. The molecule has 3 N–H and O–H groups in total. The zero-order valence-electron chi connectivity index (χ0n) is 9.34. The summed E-state index contributed by atoms with van der Waals surface area (Å²) >= 11 is 3.47. The lowest BCUT2D eigenvalue weighted by Gasteiger charge is -2.04. The monoisotopic (exact) mass is 279 g/mol. The minimum atomic E-state index is 0.420. The van der Waals surface area contributed by atoms with Crippen LogP contribution in [0.3, 0.4) is 0 Å². The minimum absolute atomic E-state index is 0.420. The van der Waals surface area contributed by atoms with Crippen LogP contribution in [0.25, 0.3) is 11.3 Å². The second-order valence-corrected chi connectivity index (χ2v) is 4.66. The molecule has 0 saturated heterocycles. The molecule has 16 heavy (non-hydrogen) atoms. The van der Waals surface area contributed by atoms with Crippen molar-refractivity contribution >= 4 is 15.9 Å². The molecule has 0 fully saturated rings. The summed E-state index contributed by atoms with van der Waals surface area (Å²) in [7, 11) is 0. The van der Waals surface area contributed by atoms with Crippen molar-refractivity contribution < 1.29 is 0 Å². The fraction of sp³-hybridized carbons (Fsp3) is 0.250. The van der Waals surface area contributed by atoms with Gasteiger partial charge in [0.15, 0.2) is 0 Å². The maximum atomic E-state index is 5.56. The Labute approximate surface area is 103 Å². The Kier molecular flexibility index (Phi) is 3.12. The summed E-state index contributed by atoms with van der Waals surface area (Å²) in [6.45, 7) is 4.59. The molecule has 0 spiro atoms. The minimum Gasteiger partial charge on any atom is -0.335 e. The molecule has 2 rings (SSSR count). The van der Waals surface area contributed by atoms with E-state index < -0.39 is 0 Å². The van der Waals surface area contributed by atoms with E-state index in [1.54, 1.807) is 0 Å². The highest BCUT2D eigenvalue weighted by atomic mass is 79.9. The molecule has 0 unspecified atom stereocenters. The van der Waals surface area contributed by atoms with Crippen molar-refractivity contribution in [2.24, 2.45) is 5.73 Å². The van der Waals surface area contributed by atoms with Crippen LogP contribution in [0.1, 0.15) is 17.0 Å². The number of nitrogens with one attached hydrogen (secondary N) is 1. The van der Waals surface area contributed by atoms with Crippen LogP contribution in [0.4, 0.5) is 0 Å². The van der Waals surface area contributed by atoms with Gasteiger partial charge >= 0.3 is 0 Å². The zero-order chi connectivity index (χ0) is 11.7. The Morgan fingerprint density at radius 1 is 1.38 bits per heavy atom. The highest BCUT2D eigenvalue weighted by Gasteiger charge is 2.11. The van der Waals surface area contributed by atoms with Gasteiger partial charge in [0.2, 0.25) is 0 Å². The van der Waals surface area contributed by atoms with Crippen molar-refractivity contribution in [3.8, 4) is 11.3 Å². The standard InChI is InChI=1S/C12H14BrN3/c1-7-3-4-9(8(2)5-7)11-12(13)16-10(6-14)15-11/h3-5H,6,14H2,1-2H3,(H,15,16). The van der Waals surface area contributed by atoms with Crippen molar-refractivity contribution in [1.82, 2.24) is 9.97 Å². The van der Waals surface area contributed by atoms with Crippen molar-refractivity contribution in [3.63, 3.8) is 0 Å². The van der Waals surface area contributed by atoms with E-state index in [-0.39, 0.29) is 0 Å². The fourth-order valence-electron chi connectivity index (χ4n) is 1.75. The molecular formula is C12H14BrN3. The highest BCUT2D eigenvalue weighted by Crippen LogP contribution is 2.28. The van der Waals surface area contributed by atoms with Gasteiger partial charge in [0.25, 0.3) is 0 Å². The highest BCUT2D eigenvalue weighted by molar-refractivity contribution is 9.10. The SMILES string of the molecule is Cc1ccc(-c2nc(CN)[nH]c2Br)c(C)c1. The number of nitrogens with zero attached hydrogens (tertiary/aromatic N) is 1. The zero-order valence-corrected chi connectivity index (χ0v) is 10.9. The predicted octanol–water partition coefficient (Wildman–Crippen LogP) is 2.91. The number of imidazole rings is 1. The Bertz CT molecular complexity index is 517. The van der Waals surface area contributed by atoms with Crippen molar-refractivity contribution in [2.75, 3.05) is 0 Å². The van der Waals surface area contributed by atoms with E-state index in [2.05, 4.69) is 57.9 Å². The summed E-state index contributed by atoms with van der Waals surface area (Å²) in [6.07, 6.45) is 0. The lowest BCUT2D eigenvalue weighted by molar-refractivity contribution is 0.947. The van der Waals surface area contributed by atoms with E-state index in [1.165, 1.54) is 11.1 Å². The van der Waals surface area contributed by atoms with Crippen LogP contribution in [0.2, 0.25) is 0 Å². The van der Waals surface area contributed by atoms with E-state index in [0.717, 1.165) is 21.7 Å². The van der Waals surface area contributed by atoms with Gasteiger partial charge < -0.3 is 10.7 Å². The first-order valence-electron chi connectivity index (χ1n) is 5.14. The normalized spacial score (nSPS) is 10.8. The Balaban J connectivity index is 2.53. The molecule has 0 aliphatic rings. The third-order valence-electron chi connectivity index (χ3n) is 2.54. The van der Waals surface area contributed by atoms with Gasteiger partial charge in [-0.05, 0) is 35.3 Å². The van der Waals surface area contributed by atoms with Gasteiger partial charge in [-0.1, -0.05) is 23.8 Å². The Hall–Kier alpha value is -1.13. The summed E-state index contributed by atoms with van der Waals surface area (Å²) < 4.78 is 0.889. The van der Waals surface area contributed by atoms with Crippen molar-refractivity contribution in [3.05, 3.63) is 39.8 Å². The number of rotatable bonds is 2. The summed E-state index contributed by atoms with van der Waals surface area (Å²) in [4.78, 5) is 7.58. The Morgan fingerprint density at radius 3 is 2.69 bits per heavy atom. The molecule has 1 aromatic heterocycles. The van der Waals surface area contributed by atoms with E-state index in [4.69, 9.17) is 5.73 Å². The van der Waals surface area contributed by atoms with Crippen LogP contribution in [-0.4, -0.2) is 9.97 Å². The average molecular weight is 280 g/mol. The quantitative estimate of drug-likeness (QED) is 0.888. The van der Waals surface area contributed by atoms with Crippen LogP contribution in [0.15, 0.2) is 22.8 Å². The summed E-state index contributed by atoms with van der Waals surface area (Å²) in [5, 5.41) is 0. The number of aromatic amines is 1. The smallest absolute Gasteiger partial charge is 0.121 e. The molecule has 0 bridgehead atoms. The second-order valence-electron chi connectivity index (χ2n) is 3.87. The first-order chi connectivity index (χ1) is 7.61. The lowest BCUT2D eigenvalue weighted by Crippen LogP contribution is -1.97. The van der Waals surface area contributed by atoms with Gasteiger partial charge in [-0.3, -0.25) is 0 Å². The molecule has 0 amide bonds. The molecule has 0 radical (unpaired) electrons. The second kappa shape index (κ2) is 4.39. The third kappa shape index (κ3) is 2.03. The van der Waals surface area contributed by atoms with E-state index >= 15 is 0 Å². The number of halogens is 1. The van der Waals surface area contributed by atoms with Gasteiger partial charge in [0.1, 0.15) is 16.1 Å². The molecule has 0 saturated carbocycles. The van der Waals surface area contributed by atoms with Crippen molar-refractivity contribution in [2.45, 2.75) is 20.4 Å². The number of nitrogens with two attached hydrogens (primary N) is 1. The average Bonchev–Trinajstić information content (AvgIpc) is 2.60. The summed E-state index contributed by atoms with van der Waals surface area (Å²) in [5.41, 5.74) is 10.1. The Morgan fingerprint density at radius 2 is 2.12 bits per heavy atom. The number of H-pyrrole nitrogens is 1. The number of benzene rings is 1. The van der Waals surface area contributed by atoms with Gasteiger partial charge in [-0.15, -0.1) is 0 Å². The van der Waals surface area contributed by atoms with Crippen molar-refractivity contribution in [1.29, 1.82) is 0 Å². The predicted molar refractivity (Wildman–Crippen MR) is 69.1 cm³/mol. The maximum absolute atomic E-state index is 5.56. The molecule has 3 nitrogen and oxygen atoms in total. The van der Waals surface area contributed by atoms with Gasteiger partial charge in [-0.2, -0.15) is 0 Å². The first kappa shape index (κ1) is 11.4. The van der Waals surface area contributed by atoms with Crippen LogP contribution in [-0.2, 0) is 6.54 Å².